The van der Waals surface area contributed by atoms with Gasteiger partial charge in [0.2, 0.25) is 5.91 Å². The van der Waals surface area contributed by atoms with Crippen LogP contribution in [-0.2, 0) is 4.79 Å². The van der Waals surface area contributed by atoms with Crippen LogP contribution in [-0.4, -0.2) is 53.2 Å². The normalized spacial score (nSPS) is 15.4. The van der Waals surface area contributed by atoms with Gasteiger partial charge in [-0.3, -0.25) is 9.69 Å². The molecule has 1 saturated heterocycles. The molecule has 23 heavy (non-hydrogen) atoms. The minimum atomic E-state index is -1.10. The summed E-state index contributed by atoms with van der Waals surface area (Å²) in [6.07, 6.45) is 3.20. The van der Waals surface area contributed by atoms with Gasteiger partial charge in [0, 0.05) is 25.8 Å². The van der Waals surface area contributed by atoms with Gasteiger partial charge in [0.15, 0.2) is 0 Å². The molecule has 0 atom stereocenters. The summed E-state index contributed by atoms with van der Waals surface area (Å²) in [4.78, 5) is 29.5. The number of carbonyl (C=O) groups is 2. The predicted molar refractivity (Wildman–Crippen MR) is 87.6 cm³/mol. The van der Waals surface area contributed by atoms with Crippen molar-refractivity contribution in [3.63, 3.8) is 0 Å². The molecule has 0 bridgehead atoms. The van der Waals surface area contributed by atoms with Gasteiger partial charge >= 0.3 is 6.09 Å². The summed E-state index contributed by atoms with van der Waals surface area (Å²) in [5.41, 5.74) is 5.07. The van der Waals surface area contributed by atoms with E-state index in [1.807, 2.05) is 12.1 Å². The number of anilines is 1. The quantitative estimate of drug-likeness (QED) is 0.822. The Hall–Kier alpha value is -2.02. The fourth-order valence-electron chi connectivity index (χ4n) is 2.77. The highest BCUT2D eigenvalue weighted by molar-refractivity contribution is 6.30. The van der Waals surface area contributed by atoms with Crippen LogP contribution in [0.15, 0.2) is 18.3 Å². The van der Waals surface area contributed by atoms with E-state index in [1.165, 1.54) is 0 Å². The summed E-state index contributed by atoms with van der Waals surface area (Å²) in [6, 6.07) is 3.73. The van der Waals surface area contributed by atoms with E-state index in [1.54, 1.807) is 6.20 Å². The molecule has 3 N–H and O–H groups in total. The lowest BCUT2D eigenvalue weighted by Crippen LogP contribution is -2.40. The smallest absolute Gasteiger partial charge is 0.407 e. The van der Waals surface area contributed by atoms with Crippen molar-refractivity contribution < 1.29 is 14.7 Å². The summed E-state index contributed by atoms with van der Waals surface area (Å²) < 4.78 is 0. The van der Waals surface area contributed by atoms with Crippen molar-refractivity contribution in [2.45, 2.75) is 19.3 Å². The van der Waals surface area contributed by atoms with E-state index >= 15 is 0 Å². The lowest BCUT2D eigenvalue weighted by atomic mass is 9.93. The third-order valence-corrected chi connectivity index (χ3v) is 4.30. The fraction of sp³-hybridized carbons (Fsp3) is 0.533. The van der Waals surface area contributed by atoms with E-state index in [-0.39, 0.29) is 6.54 Å². The molecule has 1 aliphatic rings. The molecule has 1 fully saturated rings. The first-order valence-electron chi connectivity index (χ1n) is 7.58. The molecular weight excluding hydrogens is 320 g/mol. The Balaban J connectivity index is 1.79. The molecule has 126 valence electrons. The van der Waals surface area contributed by atoms with Crippen molar-refractivity contribution >= 4 is 29.4 Å². The van der Waals surface area contributed by atoms with Crippen LogP contribution in [0.25, 0.3) is 0 Å². The minimum absolute atomic E-state index is 0.247. The van der Waals surface area contributed by atoms with Gasteiger partial charge in [0.25, 0.3) is 0 Å². The maximum absolute atomic E-state index is 11.1. The number of nitrogens with two attached hydrogens (primary N) is 1. The van der Waals surface area contributed by atoms with Crippen LogP contribution < -0.4 is 10.6 Å². The zero-order valence-corrected chi connectivity index (χ0v) is 13.6. The van der Waals surface area contributed by atoms with Gasteiger partial charge < -0.3 is 15.7 Å². The van der Waals surface area contributed by atoms with Crippen LogP contribution >= 0.6 is 11.6 Å². The van der Waals surface area contributed by atoms with Crippen LogP contribution in [0.3, 0.4) is 0 Å². The van der Waals surface area contributed by atoms with Gasteiger partial charge in [-0.2, -0.15) is 0 Å². The second kappa shape index (κ2) is 8.01. The first-order chi connectivity index (χ1) is 11.0. The highest BCUT2D eigenvalue weighted by atomic mass is 35.5. The Morgan fingerprint density at radius 2 is 2.09 bits per heavy atom. The molecule has 2 heterocycles. The van der Waals surface area contributed by atoms with Crippen molar-refractivity contribution in [3.05, 3.63) is 23.4 Å². The third kappa shape index (κ3) is 5.28. The van der Waals surface area contributed by atoms with Crippen molar-refractivity contribution in [2.24, 2.45) is 11.7 Å². The first-order valence-corrected chi connectivity index (χ1v) is 7.96. The van der Waals surface area contributed by atoms with Gasteiger partial charge in [-0.25, -0.2) is 9.78 Å². The summed E-state index contributed by atoms with van der Waals surface area (Å²) in [7, 11) is 0. The molecule has 8 heteroatoms. The molecule has 1 aromatic heterocycles. The Morgan fingerprint density at radius 1 is 1.39 bits per heavy atom. The number of amides is 2. The Kier molecular flexibility index (Phi) is 6.04. The van der Waals surface area contributed by atoms with Crippen molar-refractivity contribution in [3.8, 4) is 0 Å². The Bertz CT molecular complexity index is 544. The molecule has 0 spiro atoms. The second-order valence-electron chi connectivity index (χ2n) is 5.72. The average molecular weight is 341 g/mol. The number of piperidine rings is 1. The number of carboxylic acid groups (broad SMARTS) is 1. The van der Waals surface area contributed by atoms with E-state index in [0.29, 0.717) is 17.5 Å². The topological polar surface area (TPSA) is 99.8 Å². The van der Waals surface area contributed by atoms with Crippen molar-refractivity contribution in [1.82, 2.24) is 9.88 Å². The molecule has 2 rings (SSSR count). The number of hydrogen-bond acceptors (Lipinski definition) is 4. The van der Waals surface area contributed by atoms with Crippen molar-refractivity contribution in [1.29, 1.82) is 0 Å². The number of rotatable bonds is 6. The van der Waals surface area contributed by atoms with Gasteiger partial charge in [0.1, 0.15) is 12.4 Å². The van der Waals surface area contributed by atoms with Crippen LogP contribution in [0, 0.1) is 5.92 Å². The average Bonchev–Trinajstić information content (AvgIpc) is 2.52. The second-order valence-corrected chi connectivity index (χ2v) is 6.16. The third-order valence-electron chi connectivity index (χ3n) is 4.07. The predicted octanol–water partition coefficient (Wildman–Crippen LogP) is 1.81. The van der Waals surface area contributed by atoms with Crippen LogP contribution in [0.1, 0.15) is 19.3 Å². The lowest BCUT2D eigenvalue weighted by molar-refractivity contribution is -0.118. The molecule has 0 aliphatic carbocycles. The van der Waals surface area contributed by atoms with Crippen LogP contribution in [0.4, 0.5) is 10.6 Å². The maximum atomic E-state index is 11.1. The molecule has 0 radical (unpaired) electrons. The minimum Gasteiger partial charge on any atom is -0.465 e. The van der Waals surface area contributed by atoms with Crippen LogP contribution in [0.5, 0.6) is 0 Å². The number of pyridine rings is 1. The summed E-state index contributed by atoms with van der Waals surface area (Å²) >= 11 is 5.84. The molecule has 0 unspecified atom stereocenters. The zero-order valence-electron chi connectivity index (χ0n) is 12.8. The standard InChI is InChI=1S/C15H21ClN4O3/c16-12-1-2-14(18-9-12)19-6-3-11(4-7-19)5-8-20(15(22)23)10-13(17)21/h1-2,9,11H,3-8,10H2,(H2,17,21)(H,22,23). The summed E-state index contributed by atoms with van der Waals surface area (Å²) in [5.74, 6) is 0.720. The summed E-state index contributed by atoms with van der Waals surface area (Å²) in [5, 5.41) is 9.67. The molecule has 2 amide bonds. The Labute approximate surface area is 140 Å². The molecule has 0 saturated carbocycles. The highest BCUT2D eigenvalue weighted by Crippen LogP contribution is 2.24. The van der Waals surface area contributed by atoms with E-state index in [4.69, 9.17) is 22.4 Å². The van der Waals surface area contributed by atoms with E-state index in [9.17, 15) is 9.59 Å². The highest BCUT2D eigenvalue weighted by Gasteiger charge is 2.22. The van der Waals surface area contributed by atoms with E-state index in [2.05, 4.69) is 9.88 Å². The zero-order chi connectivity index (χ0) is 16.8. The fourth-order valence-corrected chi connectivity index (χ4v) is 2.89. The molecule has 1 aromatic rings. The maximum Gasteiger partial charge on any atom is 0.407 e. The lowest BCUT2D eigenvalue weighted by Gasteiger charge is -2.33. The number of nitrogens with zero attached hydrogens (tertiary/aromatic N) is 3. The number of carbonyl (C=O) groups excluding carboxylic acids is 1. The van der Waals surface area contributed by atoms with Gasteiger partial charge in [-0.1, -0.05) is 11.6 Å². The number of halogens is 1. The van der Waals surface area contributed by atoms with Crippen LogP contribution in [0.2, 0.25) is 5.02 Å². The molecule has 7 nitrogen and oxygen atoms in total. The van der Waals surface area contributed by atoms with Gasteiger partial charge in [-0.05, 0) is 37.3 Å². The number of aromatic nitrogens is 1. The van der Waals surface area contributed by atoms with Crippen molar-refractivity contribution in [2.75, 3.05) is 31.1 Å². The van der Waals surface area contributed by atoms with E-state index < -0.39 is 12.0 Å². The first kappa shape index (κ1) is 17.3. The molecule has 0 aromatic carbocycles. The van der Waals surface area contributed by atoms with E-state index in [0.717, 1.165) is 43.1 Å². The number of hydrogen-bond donors (Lipinski definition) is 2. The van der Waals surface area contributed by atoms with Gasteiger partial charge in [-0.15, -0.1) is 0 Å². The number of primary amides is 1. The van der Waals surface area contributed by atoms with Gasteiger partial charge in [0.05, 0.1) is 5.02 Å². The monoisotopic (exact) mass is 340 g/mol. The SMILES string of the molecule is NC(=O)CN(CCC1CCN(c2ccc(Cl)cn2)CC1)C(=O)O. The molecular formula is C15H21ClN4O3. The Morgan fingerprint density at radius 3 is 2.61 bits per heavy atom. The largest absolute Gasteiger partial charge is 0.465 e. The summed E-state index contributed by atoms with van der Waals surface area (Å²) in [6.45, 7) is 1.84. The molecule has 1 aliphatic heterocycles.